The zero-order valence-corrected chi connectivity index (χ0v) is 18.8. The molecule has 0 aliphatic heterocycles. The molecule has 5 nitrogen and oxygen atoms in total. The van der Waals surface area contributed by atoms with E-state index in [1.165, 1.54) is 0 Å². The standard InChI is InChI=1S/C28H24N2O3/c1-4-32-28(31)20-9-12-23(13-10-20)30-18(2)15-21(19(30)3)17-29-22-11-14-27-25(16-22)24-7-5-6-8-26(24)33-27/h5-17H,4H2,1-3H3. The zero-order chi connectivity index (χ0) is 22.9. The Morgan fingerprint density at radius 2 is 1.73 bits per heavy atom. The summed E-state index contributed by atoms with van der Waals surface area (Å²) in [6.07, 6.45) is 1.90. The third kappa shape index (κ3) is 3.82. The van der Waals surface area contributed by atoms with Gasteiger partial charge in [0.15, 0.2) is 0 Å². The van der Waals surface area contributed by atoms with E-state index < -0.39 is 0 Å². The Hall–Kier alpha value is -4.12. The maximum Gasteiger partial charge on any atom is 0.338 e. The van der Waals surface area contributed by atoms with Crippen LogP contribution in [0.5, 0.6) is 0 Å². The molecule has 0 saturated heterocycles. The number of benzene rings is 3. The van der Waals surface area contributed by atoms with Crippen molar-refractivity contribution in [1.82, 2.24) is 4.57 Å². The first-order valence-corrected chi connectivity index (χ1v) is 11.0. The van der Waals surface area contributed by atoms with Gasteiger partial charge in [0, 0.05) is 39.6 Å². The molecule has 0 radical (unpaired) electrons. The lowest BCUT2D eigenvalue weighted by Gasteiger charge is -2.10. The second kappa shape index (κ2) is 8.43. The minimum atomic E-state index is -0.305. The Morgan fingerprint density at radius 3 is 2.52 bits per heavy atom. The Bertz CT molecular complexity index is 1500. The number of hydrogen-bond donors (Lipinski definition) is 0. The Labute approximate surface area is 191 Å². The van der Waals surface area contributed by atoms with Crippen LogP contribution in [0.25, 0.3) is 27.6 Å². The van der Waals surface area contributed by atoms with Crippen molar-refractivity contribution in [2.45, 2.75) is 20.8 Å². The lowest BCUT2D eigenvalue weighted by Crippen LogP contribution is -2.05. The summed E-state index contributed by atoms with van der Waals surface area (Å²) < 4.78 is 13.1. The van der Waals surface area contributed by atoms with Gasteiger partial charge in [0.05, 0.1) is 17.9 Å². The number of furan rings is 1. The largest absolute Gasteiger partial charge is 0.462 e. The molecule has 0 amide bonds. The van der Waals surface area contributed by atoms with Crippen LogP contribution in [0, 0.1) is 13.8 Å². The maximum absolute atomic E-state index is 11.9. The Morgan fingerprint density at radius 1 is 0.970 bits per heavy atom. The summed E-state index contributed by atoms with van der Waals surface area (Å²) >= 11 is 0. The number of aliphatic imine (C=N–C) groups is 1. The summed E-state index contributed by atoms with van der Waals surface area (Å²) in [7, 11) is 0. The van der Waals surface area contributed by atoms with E-state index in [9.17, 15) is 4.79 Å². The molecule has 5 rings (SSSR count). The number of carbonyl (C=O) groups excluding carboxylic acids is 1. The van der Waals surface area contributed by atoms with Gasteiger partial charge < -0.3 is 13.7 Å². The molecule has 0 spiro atoms. The van der Waals surface area contributed by atoms with Gasteiger partial charge in [-0.1, -0.05) is 18.2 Å². The highest BCUT2D eigenvalue weighted by molar-refractivity contribution is 6.06. The van der Waals surface area contributed by atoms with E-state index in [-0.39, 0.29) is 5.97 Å². The van der Waals surface area contributed by atoms with Crippen molar-refractivity contribution in [3.8, 4) is 5.69 Å². The zero-order valence-electron chi connectivity index (χ0n) is 18.8. The van der Waals surface area contributed by atoms with Crippen LogP contribution in [-0.4, -0.2) is 23.4 Å². The predicted octanol–water partition coefficient (Wildman–Crippen LogP) is 6.92. The van der Waals surface area contributed by atoms with Crippen molar-refractivity contribution in [1.29, 1.82) is 0 Å². The number of nitrogens with zero attached hydrogens (tertiary/aromatic N) is 2. The summed E-state index contributed by atoms with van der Waals surface area (Å²) in [6, 6.07) is 23.6. The normalized spacial score (nSPS) is 11.6. The van der Waals surface area contributed by atoms with Gasteiger partial charge in [-0.15, -0.1) is 0 Å². The highest BCUT2D eigenvalue weighted by atomic mass is 16.5. The van der Waals surface area contributed by atoms with E-state index in [4.69, 9.17) is 14.1 Å². The molecule has 5 heteroatoms. The molecule has 5 aromatic rings. The van der Waals surface area contributed by atoms with Gasteiger partial charge in [0.2, 0.25) is 0 Å². The van der Waals surface area contributed by atoms with Gasteiger partial charge in [0.1, 0.15) is 11.2 Å². The lowest BCUT2D eigenvalue weighted by molar-refractivity contribution is 0.0526. The topological polar surface area (TPSA) is 56.7 Å². The number of para-hydroxylation sites is 1. The molecule has 0 atom stereocenters. The number of fused-ring (bicyclic) bond motifs is 3. The van der Waals surface area contributed by atoms with Gasteiger partial charge in [-0.05, 0) is 75.4 Å². The van der Waals surface area contributed by atoms with E-state index in [0.717, 1.165) is 50.3 Å². The number of aryl methyl sites for hydroxylation is 1. The minimum Gasteiger partial charge on any atom is -0.462 e. The molecule has 164 valence electrons. The smallest absolute Gasteiger partial charge is 0.338 e. The van der Waals surface area contributed by atoms with E-state index in [2.05, 4.69) is 36.6 Å². The molecule has 2 heterocycles. The van der Waals surface area contributed by atoms with E-state index in [0.29, 0.717) is 12.2 Å². The average Bonchev–Trinajstić information content (AvgIpc) is 3.34. The van der Waals surface area contributed by atoms with Crippen LogP contribution in [0.2, 0.25) is 0 Å². The highest BCUT2D eigenvalue weighted by Crippen LogP contribution is 2.31. The number of rotatable bonds is 5. The van der Waals surface area contributed by atoms with Crippen molar-refractivity contribution in [2.24, 2.45) is 4.99 Å². The van der Waals surface area contributed by atoms with Crippen LogP contribution in [0.3, 0.4) is 0 Å². The fraction of sp³-hybridized carbons (Fsp3) is 0.143. The van der Waals surface area contributed by atoms with Gasteiger partial charge >= 0.3 is 5.97 Å². The molecule has 33 heavy (non-hydrogen) atoms. The van der Waals surface area contributed by atoms with Crippen molar-refractivity contribution < 1.29 is 13.9 Å². The fourth-order valence-electron chi connectivity index (χ4n) is 4.22. The van der Waals surface area contributed by atoms with Crippen LogP contribution < -0.4 is 0 Å². The van der Waals surface area contributed by atoms with Gasteiger partial charge in [-0.25, -0.2) is 4.79 Å². The second-order valence-corrected chi connectivity index (χ2v) is 7.97. The molecule has 0 N–H and O–H groups in total. The fourth-order valence-corrected chi connectivity index (χ4v) is 4.22. The van der Waals surface area contributed by atoms with Crippen LogP contribution >= 0.6 is 0 Å². The molecule has 0 fully saturated rings. The molecular formula is C28H24N2O3. The summed E-state index contributed by atoms with van der Waals surface area (Å²) in [5, 5.41) is 2.15. The van der Waals surface area contributed by atoms with Crippen LogP contribution in [0.1, 0.15) is 34.2 Å². The molecular weight excluding hydrogens is 412 g/mol. The summed E-state index contributed by atoms with van der Waals surface area (Å²) in [5.41, 5.74) is 7.36. The second-order valence-electron chi connectivity index (χ2n) is 7.97. The minimum absolute atomic E-state index is 0.305. The van der Waals surface area contributed by atoms with Crippen LogP contribution in [0.4, 0.5) is 5.69 Å². The highest BCUT2D eigenvalue weighted by Gasteiger charge is 2.12. The van der Waals surface area contributed by atoms with Crippen molar-refractivity contribution in [3.05, 3.63) is 95.3 Å². The quantitative estimate of drug-likeness (QED) is 0.222. The first-order chi connectivity index (χ1) is 16.0. The number of aromatic nitrogens is 1. The molecule has 0 aliphatic rings. The number of ether oxygens (including phenoxy) is 1. The molecule has 0 bridgehead atoms. The van der Waals surface area contributed by atoms with E-state index in [1.54, 1.807) is 19.1 Å². The number of hydrogen-bond acceptors (Lipinski definition) is 4. The molecule has 3 aromatic carbocycles. The van der Waals surface area contributed by atoms with Crippen molar-refractivity contribution in [3.63, 3.8) is 0 Å². The molecule has 0 unspecified atom stereocenters. The first kappa shape index (κ1) is 20.8. The third-order valence-corrected chi connectivity index (χ3v) is 5.82. The van der Waals surface area contributed by atoms with Gasteiger partial charge in [-0.3, -0.25) is 4.99 Å². The van der Waals surface area contributed by atoms with Gasteiger partial charge in [-0.2, -0.15) is 0 Å². The maximum atomic E-state index is 11.9. The predicted molar refractivity (Wildman–Crippen MR) is 132 cm³/mol. The molecule has 0 aliphatic carbocycles. The van der Waals surface area contributed by atoms with Gasteiger partial charge in [0.25, 0.3) is 0 Å². The van der Waals surface area contributed by atoms with Crippen LogP contribution in [-0.2, 0) is 4.74 Å². The summed E-state index contributed by atoms with van der Waals surface area (Å²) in [4.78, 5) is 16.7. The van der Waals surface area contributed by atoms with E-state index >= 15 is 0 Å². The first-order valence-electron chi connectivity index (χ1n) is 11.0. The number of carbonyl (C=O) groups is 1. The van der Waals surface area contributed by atoms with Crippen LogP contribution in [0.15, 0.2) is 82.2 Å². The monoisotopic (exact) mass is 436 g/mol. The van der Waals surface area contributed by atoms with E-state index in [1.807, 2.05) is 48.7 Å². The Balaban J connectivity index is 1.45. The number of esters is 1. The lowest BCUT2D eigenvalue weighted by atomic mass is 10.1. The average molecular weight is 437 g/mol. The SMILES string of the molecule is CCOC(=O)c1ccc(-n2c(C)cc(C=Nc3ccc4oc5ccccc5c4c3)c2C)cc1. The van der Waals surface area contributed by atoms with Crippen molar-refractivity contribution in [2.75, 3.05) is 6.61 Å². The third-order valence-electron chi connectivity index (χ3n) is 5.82. The molecule has 2 aromatic heterocycles. The summed E-state index contributed by atoms with van der Waals surface area (Å²) in [5.74, 6) is -0.305. The Kier molecular flexibility index (Phi) is 5.31. The molecule has 0 saturated carbocycles. The van der Waals surface area contributed by atoms with Crippen molar-refractivity contribution >= 4 is 39.8 Å². The summed E-state index contributed by atoms with van der Waals surface area (Å²) in [6.45, 7) is 6.30.